The summed E-state index contributed by atoms with van der Waals surface area (Å²) in [7, 11) is 0. The van der Waals surface area contributed by atoms with Crippen molar-refractivity contribution in [1.82, 2.24) is 9.78 Å². The molecule has 2 atom stereocenters. The van der Waals surface area contributed by atoms with Gasteiger partial charge in [-0.15, -0.1) is 11.3 Å². The third-order valence-corrected chi connectivity index (χ3v) is 5.93. The summed E-state index contributed by atoms with van der Waals surface area (Å²) in [5, 5.41) is 11.5. The lowest BCUT2D eigenvalue weighted by atomic mass is 10.0. The Morgan fingerprint density at radius 2 is 2.04 bits per heavy atom. The smallest absolute Gasteiger partial charge is 0.363 e. The van der Waals surface area contributed by atoms with Gasteiger partial charge in [-0.1, -0.05) is 22.0 Å². The number of nitrogens with one attached hydrogen (secondary N) is 2. The highest BCUT2D eigenvalue weighted by Gasteiger charge is 2.47. The molecular weight excluding hydrogens is 457 g/mol. The minimum atomic E-state index is -4.47. The van der Waals surface area contributed by atoms with E-state index < -0.39 is 24.2 Å². The molecule has 28 heavy (non-hydrogen) atoms. The highest BCUT2D eigenvalue weighted by Crippen LogP contribution is 2.44. The van der Waals surface area contributed by atoms with Gasteiger partial charge in [0.15, 0.2) is 11.7 Å². The zero-order valence-electron chi connectivity index (χ0n) is 14.2. The normalized spacial score (nSPS) is 19.0. The van der Waals surface area contributed by atoms with Gasteiger partial charge >= 0.3 is 6.18 Å². The van der Waals surface area contributed by atoms with Crippen LogP contribution in [0.5, 0.6) is 0 Å². The number of alkyl halides is 3. The number of aromatic nitrogens is 2. The molecule has 1 aromatic carbocycles. The Morgan fingerprint density at radius 1 is 1.29 bits per heavy atom. The minimum Gasteiger partial charge on any atom is -0.363 e. The number of anilines is 2. The van der Waals surface area contributed by atoms with Crippen molar-refractivity contribution in [3.63, 3.8) is 0 Å². The summed E-state index contributed by atoms with van der Waals surface area (Å²) in [6.07, 6.45) is -4.66. The van der Waals surface area contributed by atoms with E-state index in [0.717, 1.165) is 14.0 Å². The van der Waals surface area contributed by atoms with Crippen LogP contribution in [-0.4, -0.2) is 21.9 Å². The standard InChI is InChI=1S/C18H14BrF3N4OS/c19-10-3-5-11(6-4-10)23-17(27)13-9-16-24-12(14-2-1-7-28-14)8-15(18(20,21)22)26(16)25-13/h1-7,9,12,15,24H,8H2,(H,23,27). The Kier molecular flexibility index (Phi) is 4.92. The highest BCUT2D eigenvalue weighted by atomic mass is 79.9. The fraction of sp³-hybridized carbons (Fsp3) is 0.222. The molecule has 3 heterocycles. The van der Waals surface area contributed by atoms with Crippen molar-refractivity contribution in [2.75, 3.05) is 10.6 Å². The molecule has 0 bridgehead atoms. The van der Waals surface area contributed by atoms with Crippen LogP contribution in [-0.2, 0) is 0 Å². The molecule has 0 saturated heterocycles. The second-order valence-electron chi connectivity index (χ2n) is 6.33. The third-order valence-electron chi connectivity index (χ3n) is 4.41. The first-order valence-electron chi connectivity index (χ1n) is 8.34. The lowest BCUT2D eigenvalue weighted by Crippen LogP contribution is -2.35. The number of hydrogen-bond donors (Lipinski definition) is 2. The molecule has 1 aliphatic heterocycles. The van der Waals surface area contributed by atoms with Crippen molar-refractivity contribution in [2.24, 2.45) is 0 Å². The van der Waals surface area contributed by atoms with Crippen molar-refractivity contribution in [1.29, 1.82) is 0 Å². The quantitative estimate of drug-likeness (QED) is 0.522. The average Bonchev–Trinajstić information content (AvgIpc) is 3.31. The largest absolute Gasteiger partial charge is 0.410 e. The molecule has 3 aromatic rings. The Balaban J connectivity index is 1.63. The summed E-state index contributed by atoms with van der Waals surface area (Å²) >= 11 is 4.69. The Hall–Kier alpha value is -2.33. The number of nitrogens with zero attached hydrogens (tertiary/aromatic N) is 2. The van der Waals surface area contributed by atoms with Gasteiger partial charge in [0.1, 0.15) is 5.82 Å². The SMILES string of the molecule is O=C(Nc1ccc(Br)cc1)c1cc2n(n1)C(C(F)(F)F)CC(c1cccs1)N2. The molecule has 1 amide bonds. The molecule has 2 aromatic heterocycles. The van der Waals surface area contributed by atoms with Gasteiger partial charge in [0, 0.05) is 27.5 Å². The molecule has 0 radical (unpaired) electrons. The van der Waals surface area contributed by atoms with Gasteiger partial charge in [0.25, 0.3) is 5.91 Å². The number of carbonyl (C=O) groups excluding carboxylic acids is 1. The van der Waals surface area contributed by atoms with Gasteiger partial charge in [-0.2, -0.15) is 18.3 Å². The van der Waals surface area contributed by atoms with E-state index in [1.807, 2.05) is 5.38 Å². The molecule has 0 spiro atoms. The molecule has 10 heteroatoms. The summed E-state index contributed by atoms with van der Waals surface area (Å²) in [6.45, 7) is 0. The molecule has 2 N–H and O–H groups in total. The van der Waals surface area contributed by atoms with Crippen molar-refractivity contribution >= 4 is 44.7 Å². The summed E-state index contributed by atoms with van der Waals surface area (Å²) in [4.78, 5) is 13.3. The first-order valence-corrected chi connectivity index (χ1v) is 10.0. The van der Waals surface area contributed by atoms with Crippen molar-refractivity contribution < 1.29 is 18.0 Å². The molecule has 5 nitrogen and oxygen atoms in total. The van der Waals surface area contributed by atoms with E-state index in [1.54, 1.807) is 36.4 Å². The van der Waals surface area contributed by atoms with Crippen molar-refractivity contribution in [2.45, 2.75) is 24.7 Å². The lowest BCUT2D eigenvalue weighted by Gasteiger charge is -2.32. The van der Waals surface area contributed by atoms with E-state index in [1.165, 1.54) is 17.4 Å². The van der Waals surface area contributed by atoms with Crippen molar-refractivity contribution in [3.8, 4) is 0 Å². The summed E-state index contributed by atoms with van der Waals surface area (Å²) in [5.41, 5.74) is 0.447. The predicted octanol–water partition coefficient (Wildman–Crippen LogP) is 5.62. The number of benzene rings is 1. The number of halogens is 4. The molecule has 146 valence electrons. The molecule has 0 fully saturated rings. The molecule has 4 rings (SSSR count). The molecule has 2 unspecified atom stereocenters. The molecule has 0 aliphatic carbocycles. The van der Waals surface area contributed by atoms with Gasteiger partial charge in [0.05, 0.1) is 6.04 Å². The fourth-order valence-corrected chi connectivity index (χ4v) is 4.14. The summed E-state index contributed by atoms with van der Waals surface area (Å²) in [6, 6.07) is 9.52. The van der Waals surface area contributed by atoms with Crippen LogP contribution in [0.2, 0.25) is 0 Å². The van der Waals surface area contributed by atoms with Gasteiger partial charge in [0.2, 0.25) is 0 Å². The Bertz CT molecular complexity index is 985. The average molecular weight is 471 g/mol. The molecular formula is C18H14BrF3N4OS. The van der Waals surface area contributed by atoms with Crippen LogP contribution in [0.3, 0.4) is 0 Å². The van der Waals surface area contributed by atoms with Crippen LogP contribution in [0.4, 0.5) is 24.7 Å². The molecule has 0 saturated carbocycles. The zero-order valence-corrected chi connectivity index (χ0v) is 16.6. The first-order chi connectivity index (χ1) is 13.3. The number of rotatable bonds is 3. The van der Waals surface area contributed by atoms with Crippen LogP contribution in [0.1, 0.15) is 33.9 Å². The lowest BCUT2D eigenvalue weighted by molar-refractivity contribution is -0.173. The van der Waals surface area contributed by atoms with Gasteiger partial charge < -0.3 is 10.6 Å². The zero-order chi connectivity index (χ0) is 19.9. The van der Waals surface area contributed by atoms with E-state index in [2.05, 4.69) is 31.7 Å². The first kappa shape index (κ1) is 19.0. The van der Waals surface area contributed by atoms with Crippen LogP contribution >= 0.6 is 27.3 Å². The monoisotopic (exact) mass is 470 g/mol. The Labute approximate surface area is 170 Å². The highest BCUT2D eigenvalue weighted by molar-refractivity contribution is 9.10. The van der Waals surface area contributed by atoms with Gasteiger partial charge in [-0.3, -0.25) is 4.79 Å². The number of hydrogen-bond acceptors (Lipinski definition) is 4. The topological polar surface area (TPSA) is 59.0 Å². The number of carbonyl (C=O) groups is 1. The fourth-order valence-electron chi connectivity index (χ4n) is 3.09. The van der Waals surface area contributed by atoms with Crippen LogP contribution in [0.15, 0.2) is 52.3 Å². The van der Waals surface area contributed by atoms with Crippen molar-refractivity contribution in [3.05, 3.63) is 62.9 Å². The number of fused-ring (bicyclic) bond motifs is 1. The Morgan fingerprint density at radius 3 is 2.68 bits per heavy atom. The van der Waals surface area contributed by atoms with Crippen LogP contribution in [0.25, 0.3) is 0 Å². The maximum absolute atomic E-state index is 13.6. The number of amides is 1. The second kappa shape index (κ2) is 7.25. The van der Waals surface area contributed by atoms with E-state index in [0.29, 0.717) is 5.69 Å². The van der Waals surface area contributed by atoms with Crippen LogP contribution in [0, 0.1) is 0 Å². The molecule has 1 aliphatic rings. The van der Waals surface area contributed by atoms with Crippen LogP contribution < -0.4 is 10.6 Å². The van der Waals surface area contributed by atoms with E-state index in [-0.39, 0.29) is 17.9 Å². The van der Waals surface area contributed by atoms with E-state index in [9.17, 15) is 18.0 Å². The van der Waals surface area contributed by atoms with Gasteiger partial charge in [-0.05, 0) is 35.7 Å². The summed E-state index contributed by atoms with van der Waals surface area (Å²) < 4.78 is 42.6. The predicted molar refractivity (Wildman–Crippen MR) is 105 cm³/mol. The second-order valence-corrected chi connectivity index (χ2v) is 8.22. The van der Waals surface area contributed by atoms with E-state index in [4.69, 9.17) is 0 Å². The summed E-state index contributed by atoms with van der Waals surface area (Å²) in [5.74, 6) is -0.396. The van der Waals surface area contributed by atoms with E-state index >= 15 is 0 Å². The maximum atomic E-state index is 13.6. The maximum Gasteiger partial charge on any atom is 0.410 e. The van der Waals surface area contributed by atoms with Gasteiger partial charge in [-0.25, -0.2) is 4.68 Å². The minimum absolute atomic E-state index is 0.0773. The number of thiophene rings is 1. The third kappa shape index (κ3) is 3.79.